The Morgan fingerprint density at radius 1 is 1.21 bits per heavy atom. The predicted octanol–water partition coefficient (Wildman–Crippen LogP) is 4.28. The summed E-state index contributed by atoms with van der Waals surface area (Å²) < 4.78 is 12.4. The summed E-state index contributed by atoms with van der Waals surface area (Å²) in [6.07, 6.45) is 2.27. The minimum absolute atomic E-state index is 0.00996. The van der Waals surface area contributed by atoms with Gasteiger partial charge in [0.2, 0.25) is 0 Å². The van der Waals surface area contributed by atoms with Gasteiger partial charge < -0.3 is 14.6 Å². The van der Waals surface area contributed by atoms with E-state index >= 15 is 0 Å². The van der Waals surface area contributed by atoms with Gasteiger partial charge in [-0.3, -0.25) is 9.36 Å². The first-order valence-corrected chi connectivity index (χ1v) is 9.55. The Morgan fingerprint density at radius 3 is 2.50 bits per heavy atom. The van der Waals surface area contributed by atoms with E-state index in [2.05, 4.69) is 10.5 Å². The molecule has 0 spiro atoms. The van der Waals surface area contributed by atoms with Gasteiger partial charge in [-0.1, -0.05) is 17.3 Å². The zero-order valence-corrected chi connectivity index (χ0v) is 16.7. The van der Waals surface area contributed by atoms with Crippen LogP contribution in [0.3, 0.4) is 0 Å². The lowest BCUT2D eigenvalue weighted by Crippen LogP contribution is -2.30. The highest BCUT2D eigenvalue weighted by atomic mass is 16.5. The van der Waals surface area contributed by atoms with Crippen molar-refractivity contribution in [3.8, 4) is 11.6 Å². The number of benzene rings is 1. The Labute approximate surface area is 164 Å². The number of aromatic nitrogens is 2. The molecule has 0 bridgehead atoms. The van der Waals surface area contributed by atoms with Crippen LogP contribution in [0.5, 0.6) is 5.75 Å². The van der Waals surface area contributed by atoms with E-state index in [4.69, 9.17) is 9.26 Å². The highest BCUT2D eigenvalue weighted by Crippen LogP contribution is 2.41. The number of amides is 1. The molecule has 1 aliphatic carbocycles. The van der Waals surface area contributed by atoms with E-state index in [9.17, 15) is 4.79 Å². The minimum Gasteiger partial charge on any atom is -0.497 e. The molecular weight excluding hydrogens is 354 g/mol. The van der Waals surface area contributed by atoms with Gasteiger partial charge in [-0.25, -0.2) is 0 Å². The summed E-state index contributed by atoms with van der Waals surface area (Å²) in [6, 6.07) is 11.7. The molecule has 146 valence electrons. The summed E-state index contributed by atoms with van der Waals surface area (Å²) in [7, 11) is 1.65. The normalized spacial score (nSPS) is 14.7. The third-order valence-electron chi connectivity index (χ3n) is 5.38. The molecule has 1 atom stereocenters. The van der Waals surface area contributed by atoms with Crippen LogP contribution >= 0.6 is 0 Å². The first kappa shape index (κ1) is 18.3. The van der Waals surface area contributed by atoms with E-state index in [1.165, 1.54) is 0 Å². The maximum Gasteiger partial charge on any atom is 0.253 e. The van der Waals surface area contributed by atoms with Gasteiger partial charge in [0.05, 0.1) is 18.7 Å². The van der Waals surface area contributed by atoms with Gasteiger partial charge in [0, 0.05) is 17.5 Å². The Morgan fingerprint density at radius 2 is 1.93 bits per heavy atom. The molecule has 1 amide bonds. The summed E-state index contributed by atoms with van der Waals surface area (Å²) in [5.74, 6) is 2.67. The second-order valence-electron chi connectivity index (χ2n) is 7.48. The van der Waals surface area contributed by atoms with Gasteiger partial charge >= 0.3 is 0 Å². The fourth-order valence-electron chi connectivity index (χ4n) is 3.74. The van der Waals surface area contributed by atoms with Crippen molar-refractivity contribution < 1.29 is 14.1 Å². The third kappa shape index (κ3) is 3.42. The predicted molar refractivity (Wildman–Crippen MR) is 106 cm³/mol. The fourth-order valence-corrected chi connectivity index (χ4v) is 3.74. The van der Waals surface area contributed by atoms with E-state index < -0.39 is 0 Å². The summed E-state index contributed by atoms with van der Waals surface area (Å²) in [6.45, 7) is 5.76. The van der Waals surface area contributed by atoms with Gasteiger partial charge in [0.25, 0.3) is 5.91 Å². The van der Waals surface area contributed by atoms with Crippen LogP contribution in [0.25, 0.3) is 5.82 Å². The minimum atomic E-state index is -0.0627. The second kappa shape index (κ2) is 7.19. The summed E-state index contributed by atoms with van der Waals surface area (Å²) in [5, 5.41) is 7.34. The number of carbonyl (C=O) groups excluding carboxylic acids is 1. The first-order chi connectivity index (χ1) is 13.5. The number of aryl methyl sites for hydroxylation is 2. The van der Waals surface area contributed by atoms with E-state index in [-0.39, 0.29) is 11.9 Å². The van der Waals surface area contributed by atoms with Gasteiger partial charge in [0.1, 0.15) is 11.5 Å². The molecule has 3 aromatic rings. The van der Waals surface area contributed by atoms with Gasteiger partial charge in [0.15, 0.2) is 5.82 Å². The Balaban J connectivity index is 1.60. The van der Waals surface area contributed by atoms with Crippen molar-refractivity contribution in [1.82, 2.24) is 15.0 Å². The monoisotopic (exact) mass is 379 g/mol. The van der Waals surface area contributed by atoms with Crippen molar-refractivity contribution >= 4 is 5.91 Å². The maximum absolute atomic E-state index is 13.1. The molecule has 1 fully saturated rings. The summed E-state index contributed by atoms with van der Waals surface area (Å²) in [5.41, 5.74) is 3.57. The van der Waals surface area contributed by atoms with Crippen LogP contribution in [-0.4, -0.2) is 22.7 Å². The van der Waals surface area contributed by atoms with E-state index in [1.807, 2.05) is 61.7 Å². The highest BCUT2D eigenvalue weighted by Gasteiger charge is 2.34. The van der Waals surface area contributed by atoms with Crippen molar-refractivity contribution in [1.29, 1.82) is 0 Å². The second-order valence-corrected chi connectivity index (χ2v) is 7.48. The molecule has 1 aromatic carbocycles. The van der Waals surface area contributed by atoms with Crippen molar-refractivity contribution in [2.75, 3.05) is 7.11 Å². The van der Waals surface area contributed by atoms with Crippen molar-refractivity contribution in [2.24, 2.45) is 5.92 Å². The molecular formula is C22H25N3O3. The topological polar surface area (TPSA) is 69.3 Å². The number of rotatable bonds is 6. The van der Waals surface area contributed by atoms with Gasteiger partial charge in [-0.2, -0.15) is 0 Å². The van der Waals surface area contributed by atoms with E-state index in [1.54, 1.807) is 7.11 Å². The average molecular weight is 379 g/mol. The molecule has 0 unspecified atom stereocenters. The van der Waals surface area contributed by atoms with Crippen LogP contribution in [0.1, 0.15) is 52.0 Å². The third-order valence-corrected chi connectivity index (χ3v) is 5.38. The number of hydrogen-bond acceptors (Lipinski definition) is 4. The first-order valence-electron chi connectivity index (χ1n) is 9.55. The quantitative estimate of drug-likeness (QED) is 0.694. The van der Waals surface area contributed by atoms with Crippen LogP contribution in [0.4, 0.5) is 0 Å². The molecule has 0 aliphatic heterocycles. The molecule has 6 nitrogen and oxygen atoms in total. The van der Waals surface area contributed by atoms with Crippen LogP contribution in [0.2, 0.25) is 0 Å². The largest absolute Gasteiger partial charge is 0.497 e. The SMILES string of the molecule is COc1ccc([C@@H](NC(=O)c2cc(C)n(-c3cc(C)on3)c2C)C2CC2)cc1. The van der Waals surface area contributed by atoms with Crippen LogP contribution < -0.4 is 10.1 Å². The Hall–Kier alpha value is -3.02. The standard InChI is InChI=1S/C22H25N3O3/c1-13-11-19(15(3)25(13)20-12-14(2)28-24-20)22(26)23-21(16-5-6-16)17-7-9-18(27-4)10-8-17/h7-12,16,21H,5-6H2,1-4H3,(H,23,26)/t21-/m0/s1. The van der Waals surface area contributed by atoms with Crippen LogP contribution in [0.15, 0.2) is 40.9 Å². The zero-order chi connectivity index (χ0) is 19.8. The van der Waals surface area contributed by atoms with Crippen molar-refractivity contribution in [3.63, 3.8) is 0 Å². The fraction of sp³-hybridized carbons (Fsp3) is 0.364. The lowest BCUT2D eigenvalue weighted by Gasteiger charge is -2.19. The molecule has 0 saturated heterocycles. The molecule has 1 N–H and O–H groups in total. The van der Waals surface area contributed by atoms with Gasteiger partial charge in [-0.05, 0) is 63.3 Å². The molecule has 4 rings (SSSR count). The lowest BCUT2D eigenvalue weighted by atomic mass is 10.0. The molecule has 0 radical (unpaired) electrons. The smallest absolute Gasteiger partial charge is 0.253 e. The van der Waals surface area contributed by atoms with Crippen molar-refractivity contribution in [3.05, 3.63) is 64.7 Å². The molecule has 1 saturated carbocycles. The zero-order valence-electron chi connectivity index (χ0n) is 16.7. The number of nitrogens with one attached hydrogen (secondary N) is 1. The Kier molecular flexibility index (Phi) is 4.71. The summed E-state index contributed by atoms with van der Waals surface area (Å²) in [4.78, 5) is 13.1. The van der Waals surface area contributed by atoms with Crippen molar-refractivity contribution in [2.45, 2.75) is 39.7 Å². The van der Waals surface area contributed by atoms with E-state index in [0.717, 1.165) is 41.3 Å². The maximum atomic E-state index is 13.1. The van der Waals surface area contributed by atoms with E-state index in [0.29, 0.717) is 17.3 Å². The Bertz CT molecular complexity index is 997. The molecule has 2 aromatic heterocycles. The molecule has 2 heterocycles. The lowest BCUT2D eigenvalue weighted by molar-refractivity contribution is 0.0931. The summed E-state index contributed by atoms with van der Waals surface area (Å²) >= 11 is 0. The number of hydrogen-bond donors (Lipinski definition) is 1. The molecule has 28 heavy (non-hydrogen) atoms. The molecule has 6 heteroatoms. The highest BCUT2D eigenvalue weighted by molar-refractivity contribution is 5.96. The number of methoxy groups -OCH3 is 1. The number of nitrogens with zero attached hydrogens (tertiary/aromatic N) is 2. The average Bonchev–Trinajstić information content (AvgIpc) is 3.38. The van der Waals surface area contributed by atoms with Crippen LogP contribution in [-0.2, 0) is 0 Å². The molecule has 1 aliphatic rings. The number of ether oxygens (including phenoxy) is 1. The number of carbonyl (C=O) groups is 1. The van der Waals surface area contributed by atoms with Gasteiger partial charge in [-0.15, -0.1) is 0 Å². The van der Waals surface area contributed by atoms with Crippen LogP contribution in [0, 0.1) is 26.7 Å².